The van der Waals surface area contributed by atoms with Gasteiger partial charge in [0.25, 0.3) is 0 Å². The van der Waals surface area contributed by atoms with Gasteiger partial charge in [0.2, 0.25) is 0 Å². The van der Waals surface area contributed by atoms with Crippen LogP contribution in [0, 0.1) is 0 Å². The van der Waals surface area contributed by atoms with E-state index in [2.05, 4.69) is 0 Å². The summed E-state index contributed by atoms with van der Waals surface area (Å²) in [7, 11) is 0. The average molecular weight is 330 g/mol. The number of fused-ring (bicyclic) bond motifs is 1. The molecule has 1 unspecified atom stereocenters. The molecule has 0 saturated carbocycles. The molecular weight excluding hydrogens is 319 g/mol. The lowest BCUT2D eigenvalue weighted by Gasteiger charge is -2.30. The van der Waals surface area contributed by atoms with E-state index >= 15 is 0 Å². The molecule has 3 rings (SSSR count). The van der Waals surface area contributed by atoms with Gasteiger partial charge in [-0.15, -0.1) is 0 Å². The SMILES string of the molecule is O[C@H]1CC(c2cccc(Cl)c2Cl)Oc2ccc(Cl)cc21. The normalized spacial score (nSPS) is 21.2. The van der Waals surface area contributed by atoms with Crippen molar-refractivity contribution in [2.24, 2.45) is 0 Å². The predicted molar refractivity (Wildman–Crippen MR) is 80.9 cm³/mol. The fourth-order valence-corrected chi connectivity index (χ4v) is 2.99. The highest BCUT2D eigenvalue weighted by Gasteiger charge is 2.29. The number of ether oxygens (including phenoxy) is 1. The first-order chi connectivity index (χ1) is 9.56. The van der Waals surface area contributed by atoms with Crippen LogP contribution in [0.15, 0.2) is 36.4 Å². The maximum absolute atomic E-state index is 10.3. The minimum absolute atomic E-state index is 0.329. The highest BCUT2D eigenvalue weighted by atomic mass is 35.5. The maximum Gasteiger partial charge on any atom is 0.128 e. The Morgan fingerprint density at radius 1 is 1.05 bits per heavy atom. The van der Waals surface area contributed by atoms with E-state index in [9.17, 15) is 5.11 Å². The zero-order chi connectivity index (χ0) is 14.3. The number of aliphatic hydroxyl groups is 1. The minimum atomic E-state index is -0.641. The van der Waals surface area contributed by atoms with Gasteiger partial charge in [-0.05, 0) is 24.3 Å². The number of halogens is 3. The molecule has 104 valence electrons. The van der Waals surface area contributed by atoms with Gasteiger partial charge >= 0.3 is 0 Å². The molecule has 1 aliphatic heterocycles. The summed E-state index contributed by atoms with van der Waals surface area (Å²) in [6.07, 6.45) is -0.560. The number of hydrogen-bond acceptors (Lipinski definition) is 2. The van der Waals surface area contributed by atoms with E-state index < -0.39 is 6.10 Å². The van der Waals surface area contributed by atoms with Gasteiger partial charge in [0, 0.05) is 22.6 Å². The average Bonchev–Trinajstić information content (AvgIpc) is 2.42. The molecule has 2 aromatic rings. The molecule has 0 aromatic heterocycles. The quantitative estimate of drug-likeness (QED) is 0.779. The summed E-state index contributed by atoms with van der Waals surface area (Å²) in [5.41, 5.74) is 1.48. The van der Waals surface area contributed by atoms with E-state index in [1.54, 1.807) is 24.3 Å². The first kappa shape index (κ1) is 14.0. The Bertz CT molecular complexity index is 658. The summed E-state index contributed by atoms with van der Waals surface area (Å²) in [5.74, 6) is 0.620. The smallest absolute Gasteiger partial charge is 0.128 e. The van der Waals surface area contributed by atoms with Gasteiger partial charge < -0.3 is 9.84 Å². The zero-order valence-electron chi connectivity index (χ0n) is 10.3. The monoisotopic (exact) mass is 328 g/mol. The molecule has 0 radical (unpaired) electrons. The van der Waals surface area contributed by atoms with Crippen LogP contribution in [-0.2, 0) is 0 Å². The highest BCUT2D eigenvalue weighted by molar-refractivity contribution is 6.42. The molecule has 1 aliphatic rings. The number of benzene rings is 2. The van der Waals surface area contributed by atoms with Crippen molar-refractivity contribution in [2.45, 2.75) is 18.6 Å². The minimum Gasteiger partial charge on any atom is -0.485 e. The number of hydrogen-bond donors (Lipinski definition) is 1. The molecule has 0 fully saturated rings. The van der Waals surface area contributed by atoms with Crippen LogP contribution in [0.2, 0.25) is 15.1 Å². The van der Waals surface area contributed by atoms with E-state index in [4.69, 9.17) is 39.5 Å². The van der Waals surface area contributed by atoms with Crippen molar-refractivity contribution in [3.05, 3.63) is 62.6 Å². The summed E-state index contributed by atoms with van der Waals surface area (Å²) in [6.45, 7) is 0. The molecular formula is C15H11Cl3O2. The zero-order valence-corrected chi connectivity index (χ0v) is 12.6. The summed E-state index contributed by atoms with van der Waals surface area (Å²) >= 11 is 18.2. The van der Waals surface area contributed by atoms with Crippen LogP contribution in [0.5, 0.6) is 5.75 Å². The van der Waals surface area contributed by atoms with Gasteiger partial charge in [-0.1, -0.05) is 46.9 Å². The second kappa shape index (κ2) is 5.45. The molecule has 2 nitrogen and oxygen atoms in total. The Balaban J connectivity index is 1.99. The Labute approximate surface area is 131 Å². The van der Waals surface area contributed by atoms with Crippen molar-refractivity contribution in [2.75, 3.05) is 0 Å². The van der Waals surface area contributed by atoms with Crippen LogP contribution < -0.4 is 4.74 Å². The van der Waals surface area contributed by atoms with Crippen molar-refractivity contribution in [1.82, 2.24) is 0 Å². The standard InChI is InChI=1S/C15H11Cl3O2/c16-8-4-5-13-10(6-8)12(19)7-14(20-13)9-2-1-3-11(17)15(9)18/h1-6,12,14,19H,7H2/t12-,14?/m0/s1. The second-order valence-corrected chi connectivity index (χ2v) is 5.90. The summed E-state index contributed by atoms with van der Waals surface area (Å²) in [5, 5.41) is 11.8. The summed E-state index contributed by atoms with van der Waals surface area (Å²) in [6, 6.07) is 10.6. The molecule has 5 heteroatoms. The van der Waals surface area contributed by atoms with Crippen LogP contribution in [-0.4, -0.2) is 5.11 Å². The second-order valence-electron chi connectivity index (χ2n) is 4.68. The first-order valence-electron chi connectivity index (χ1n) is 6.14. The molecule has 2 aromatic carbocycles. The van der Waals surface area contributed by atoms with Crippen molar-refractivity contribution in [1.29, 1.82) is 0 Å². The van der Waals surface area contributed by atoms with Crippen molar-refractivity contribution >= 4 is 34.8 Å². The third kappa shape index (κ3) is 2.49. The Kier molecular flexibility index (Phi) is 3.83. The van der Waals surface area contributed by atoms with E-state index in [0.29, 0.717) is 32.8 Å². The van der Waals surface area contributed by atoms with E-state index in [1.165, 1.54) is 0 Å². The van der Waals surface area contributed by atoms with Crippen molar-refractivity contribution in [3.8, 4) is 5.75 Å². The molecule has 0 bridgehead atoms. The van der Waals surface area contributed by atoms with Crippen molar-refractivity contribution < 1.29 is 9.84 Å². The highest BCUT2D eigenvalue weighted by Crippen LogP contribution is 2.44. The van der Waals surface area contributed by atoms with Gasteiger partial charge in [-0.25, -0.2) is 0 Å². The molecule has 0 spiro atoms. The molecule has 1 N–H and O–H groups in total. The van der Waals surface area contributed by atoms with Gasteiger partial charge in [0.1, 0.15) is 11.9 Å². The number of aliphatic hydroxyl groups excluding tert-OH is 1. The lowest BCUT2D eigenvalue weighted by Crippen LogP contribution is -2.19. The van der Waals surface area contributed by atoms with Crippen LogP contribution in [0.4, 0.5) is 0 Å². The predicted octanol–water partition coefficient (Wildman–Crippen LogP) is 5.20. The van der Waals surface area contributed by atoms with Crippen LogP contribution >= 0.6 is 34.8 Å². The number of rotatable bonds is 1. The topological polar surface area (TPSA) is 29.5 Å². The van der Waals surface area contributed by atoms with E-state index in [0.717, 1.165) is 5.56 Å². The van der Waals surface area contributed by atoms with Gasteiger partial charge in [-0.3, -0.25) is 0 Å². The van der Waals surface area contributed by atoms with Crippen LogP contribution in [0.3, 0.4) is 0 Å². The van der Waals surface area contributed by atoms with Crippen LogP contribution in [0.25, 0.3) is 0 Å². The third-order valence-corrected chi connectivity index (χ3v) is 4.43. The van der Waals surface area contributed by atoms with E-state index in [-0.39, 0.29) is 6.10 Å². The summed E-state index contributed by atoms with van der Waals surface area (Å²) in [4.78, 5) is 0. The largest absolute Gasteiger partial charge is 0.485 e. The van der Waals surface area contributed by atoms with Crippen LogP contribution in [0.1, 0.15) is 29.8 Å². The first-order valence-corrected chi connectivity index (χ1v) is 7.27. The fourth-order valence-electron chi connectivity index (χ4n) is 2.38. The molecule has 0 amide bonds. The van der Waals surface area contributed by atoms with Gasteiger partial charge in [0.15, 0.2) is 0 Å². The molecule has 20 heavy (non-hydrogen) atoms. The molecule has 0 aliphatic carbocycles. The molecule has 0 saturated heterocycles. The lowest BCUT2D eigenvalue weighted by molar-refractivity contribution is 0.0658. The lowest BCUT2D eigenvalue weighted by atomic mass is 9.95. The molecule has 1 heterocycles. The fraction of sp³-hybridized carbons (Fsp3) is 0.200. The third-order valence-electron chi connectivity index (χ3n) is 3.37. The van der Waals surface area contributed by atoms with Crippen molar-refractivity contribution in [3.63, 3.8) is 0 Å². The maximum atomic E-state index is 10.3. The summed E-state index contributed by atoms with van der Waals surface area (Å²) < 4.78 is 5.92. The van der Waals surface area contributed by atoms with E-state index in [1.807, 2.05) is 12.1 Å². The van der Waals surface area contributed by atoms with Gasteiger partial charge in [0.05, 0.1) is 16.1 Å². The Hall–Kier alpha value is -0.930. The van der Waals surface area contributed by atoms with Gasteiger partial charge in [-0.2, -0.15) is 0 Å². The Morgan fingerprint density at radius 3 is 2.65 bits per heavy atom. The Morgan fingerprint density at radius 2 is 1.85 bits per heavy atom. The molecule has 2 atom stereocenters.